The molecule has 1 aliphatic heterocycles. The summed E-state index contributed by atoms with van der Waals surface area (Å²) in [6, 6.07) is 9.27. The fraction of sp³-hybridized carbons (Fsp3) is 0.294. The number of aromatic nitrogens is 1. The summed E-state index contributed by atoms with van der Waals surface area (Å²) in [5, 5.41) is 2.90. The molecule has 0 radical (unpaired) electrons. The number of aryl methyl sites for hydroxylation is 3. The first kappa shape index (κ1) is 14.4. The van der Waals surface area contributed by atoms with Crippen LogP contribution in [0.25, 0.3) is 0 Å². The number of para-hydroxylation sites is 2. The Morgan fingerprint density at radius 2 is 1.95 bits per heavy atom. The topological polar surface area (TPSA) is 60.5 Å². The number of carbonyl (C=O) groups is 1. The van der Waals surface area contributed by atoms with E-state index in [2.05, 4.69) is 10.3 Å². The van der Waals surface area contributed by atoms with Crippen LogP contribution in [0.1, 0.15) is 17.0 Å². The van der Waals surface area contributed by atoms with E-state index in [0.717, 1.165) is 22.6 Å². The van der Waals surface area contributed by atoms with E-state index in [1.165, 1.54) is 0 Å². The van der Waals surface area contributed by atoms with Crippen LogP contribution in [-0.2, 0) is 4.79 Å². The third-order valence-corrected chi connectivity index (χ3v) is 3.57. The fourth-order valence-electron chi connectivity index (χ4n) is 2.57. The monoisotopic (exact) mass is 298 g/mol. The predicted molar refractivity (Wildman–Crippen MR) is 83.4 cm³/mol. The van der Waals surface area contributed by atoms with Gasteiger partial charge >= 0.3 is 0 Å². The molecular formula is C17H18N2O3. The van der Waals surface area contributed by atoms with Crippen LogP contribution in [0, 0.1) is 20.8 Å². The molecular weight excluding hydrogens is 280 g/mol. The molecule has 1 aromatic heterocycles. The molecule has 0 aliphatic carbocycles. The SMILES string of the molecule is Cc1cc(C)c(NC(=O)C2COc3ccccc3O2)c(C)n1. The quantitative estimate of drug-likeness (QED) is 0.926. The number of benzene rings is 1. The van der Waals surface area contributed by atoms with Gasteiger partial charge in [-0.25, -0.2) is 0 Å². The minimum Gasteiger partial charge on any atom is -0.485 e. The molecule has 5 nitrogen and oxygen atoms in total. The largest absolute Gasteiger partial charge is 0.485 e. The number of anilines is 1. The molecule has 0 spiro atoms. The highest BCUT2D eigenvalue weighted by atomic mass is 16.6. The Morgan fingerprint density at radius 1 is 1.23 bits per heavy atom. The number of amides is 1. The van der Waals surface area contributed by atoms with Crippen LogP contribution in [0.15, 0.2) is 30.3 Å². The maximum Gasteiger partial charge on any atom is 0.269 e. The molecule has 1 atom stereocenters. The van der Waals surface area contributed by atoms with Crippen molar-refractivity contribution >= 4 is 11.6 Å². The zero-order chi connectivity index (χ0) is 15.7. The lowest BCUT2D eigenvalue weighted by molar-refractivity contribution is -0.125. The first-order chi connectivity index (χ1) is 10.5. The molecule has 3 rings (SSSR count). The van der Waals surface area contributed by atoms with Crippen LogP contribution in [0.3, 0.4) is 0 Å². The van der Waals surface area contributed by atoms with Crippen molar-refractivity contribution in [2.75, 3.05) is 11.9 Å². The first-order valence-corrected chi connectivity index (χ1v) is 7.19. The Bertz CT molecular complexity index is 705. The van der Waals surface area contributed by atoms with E-state index in [9.17, 15) is 4.79 Å². The number of hydrogen-bond donors (Lipinski definition) is 1. The predicted octanol–water partition coefficient (Wildman–Crippen LogP) is 2.79. The average molecular weight is 298 g/mol. The molecule has 22 heavy (non-hydrogen) atoms. The summed E-state index contributed by atoms with van der Waals surface area (Å²) in [4.78, 5) is 16.8. The maximum atomic E-state index is 12.4. The van der Waals surface area contributed by atoms with Crippen LogP contribution in [0.5, 0.6) is 11.5 Å². The Balaban J connectivity index is 1.77. The van der Waals surface area contributed by atoms with Gasteiger partial charge in [0, 0.05) is 5.69 Å². The number of ether oxygens (including phenoxy) is 2. The molecule has 0 saturated carbocycles. The third kappa shape index (κ3) is 2.74. The lowest BCUT2D eigenvalue weighted by Crippen LogP contribution is -2.40. The van der Waals surface area contributed by atoms with Gasteiger partial charge < -0.3 is 14.8 Å². The van der Waals surface area contributed by atoms with Crippen LogP contribution < -0.4 is 14.8 Å². The molecule has 1 N–H and O–H groups in total. The highest BCUT2D eigenvalue weighted by molar-refractivity contribution is 5.95. The number of rotatable bonds is 2. The summed E-state index contributed by atoms with van der Waals surface area (Å²) in [6.45, 7) is 5.95. The second kappa shape index (κ2) is 5.67. The Morgan fingerprint density at radius 3 is 2.68 bits per heavy atom. The highest BCUT2D eigenvalue weighted by Gasteiger charge is 2.28. The van der Waals surface area contributed by atoms with Gasteiger partial charge in [-0.3, -0.25) is 9.78 Å². The Hall–Kier alpha value is -2.56. The zero-order valence-corrected chi connectivity index (χ0v) is 12.8. The number of nitrogens with zero attached hydrogens (tertiary/aromatic N) is 1. The highest BCUT2D eigenvalue weighted by Crippen LogP contribution is 2.31. The lowest BCUT2D eigenvalue weighted by atomic mass is 10.1. The van der Waals surface area contributed by atoms with Crippen molar-refractivity contribution in [3.05, 3.63) is 47.3 Å². The van der Waals surface area contributed by atoms with Gasteiger partial charge in [-0.2, -0.15) is 0 Å². The summed E-state index contributed by atoms with van der Waals surface area (Å²) in [6.07, 6.45) is -0.671. The first-order valence-electron chi connectivity index (χ1n) is 7.19. The van der Waals surface area contributed by atoms with Crippen molar-refractivity contribution < 1.29 is 14.3 Å². The maximum absolute atomic E-state index is 12.4. The molecule has 5 heteroatoms. The van der Waals surface area contributed by atoms with E-state index in [0.29, 0.717) is 11.5 Å². The minimum absolute atomic E-state index is 0.195. The van der Waals surface area contributed by atoms with Crippen LogP contribution in [0.4, 0.5) is 5.69 Å². The second-order valence-corrected chi connectivity index (χ2v) is 5.39. The van der Waals surface area contributed by atoms with E-state index in [4.69, 9.17) is 9.47 Å². The standard InChI is InChI=1S/C17H18N2O3/c1-10-8-11(2)18-12(3)16(10)19-17(20)15-9-21-13-6-4-5-7-14(13)22-15/h4-8,15H,9H2,1-3H3,(H,19,20). The number of fused-ring (bicyclic) bond motifs is 1. The number of nitrogens with one attached hydrogen (secondary N) is 1. The number of pyridine rings is 1. The van der Waals surface area contributed by atoms with Gasteiger partial charge in [0.25, 0.3) is 5.91 Å². The average Bonchev–Trinajstić information content (AvgIpc) is 2.50. The van der Waals surface area contributed by atoms with Gasteiger partial charge in [-0.1, -0.05) is 12.1 Å². The lowest BCUT2D eigenvalue weighted by Gasteiger charge is -2.26. The molecule has 114 valence electrons. The molecule has 1 amide bonds. The molecule has 0 saturated heterocycles. The third-order valence-electron chi connectivity index (χ3n) is 3.57. The van der Waals surface area contributed by atoms with Gasteiger partial charge in [0.15, 0.2) is 11.5 Å². The van der Waals surface area contributed by atoms with Crippen LogP contribution in [-0.4, -0.2) is 23.6 Å². The zero-order valence-electron chi connectivity index (χ0n) is 12.8. The second-order valence-electron chi connectivity index (χ2n) is 5.39. The molecule has 1 aromatic carbocycles. The van der Waals surface area contributed by atoms with E-state index >= 15 is 0 Å². The summed E-state index contributed by atoms with van der Waals surface area (Å²) >= 11 is 0. The van der Waals surface area contributed by atoms with Gasteiger partial charge in [0.2, 0.25) is 6.10 Å². The Labute approximate surface area is 129 Å². The van der Waals surface area contributed by atoms with Gasteiger partial charge in [-0.15, -0.1) is 0 Å². The number of hydrogen-bond acceptors (Lipinski definition) is 4. The van der Waals surface area contributed by atoms with E-state index in [1.54, 1.807) is 6.07 Å². The van der Waals surface area contributed by atoms with Crippen molar-refractivity contribution in [2.45, 2.75) is 26.9 Å². The van der Waals surface area contributed by atoms with Crippen molar-refractivity contribution in [1.29, 1.82) is 0 Å². The van der Waals surface area contributed by atoms with E-state index < -0.39 is 6.10 Å². The Kier molecular flexibility index (Phi) is 3.71. The van der Waals surface area contributed by atoms with Gasteiger partial charge in [-0.05, 0) is 44.5 Å². The molecule has 0 bridgehead atoms. The van der Waals surface area contributed by atoms with Crippen molar-refractivity contribution in [2.24, 2.45) is 0 Å². The fourth-order valence-corrected chi connectivity index (χ4v) is 2.57. The molecule has 1 unspecified atom stereocenters. The van der Waals surface area contributed by atoms with Gasteiger partial charge in [0.1, 0.15) is 6.61 Å². The summed E-state index contributed by atoms with van der Waals surface area (Å²) in [5.41, 5.74) is 3.44. The molecule has 1 aliphatic rings. The van der Waals surface area contributed by atoms with Crippen molar-refractivity contribution in [3.63, 3.8) is 0 Å². The minimum atomic E-state index is -0.671. The van der Waals surface area contributed by atoms with Gasteiger partial charge in [0.05, 0.1) is 11.4 Å². The molecule has 2 aromatic rings. The smallest absolute Gasteiger partial charge is 0.269 e. The van der Waals surface area contributed by atoms with Crippen molar-refractivity contribution in [1.82, 2.24) is 4.98 Å². The summed E-state index contributed by atoms with van der Waals surface area (Å²) in [5.74, 6) is 1.02. The molecule has 0 fully saturated rings. The van der Waals surface area contributed by atoms with E-state index in [1.807, 2.05) is 45.0 Å². The number of carbonyl (C=O) groups excluding carboxylic acids is 1. The normalized spacial score (nSPS) is 16.2. The van der Waals surface area contributed by atoms with E-state index in [-0.39, 0.29) is 12.5 Å². The van der Waals surface area contributed by atoms with Crippen LogP contribution in [0.2, 0.25) is 0 Å². The summed E-state index contributed by atoms with van der Waals surface area (Å²) < 4.78 is 11.3. The summed E-state index contributed by atoms with van der Waals surface area (Å²) in [7, 11) is 0. The van der Waals surface area contributed by atoms with Crippen molar-refractivity contribution in [3.8, 4) is 11.5 Å². The van der Waals surface area contributed by atoms with Crippen LogP contribution >= 0.6 is 0 Å². The molecule has 2 heterocycles.